The van der Waals surface area contributed by atoms with E-state index in [-0.39, 0.29) is 0 Å². The van der Waals surface area contributed by atoms with Gasteiger partial charge in [-0.25, -0.2) is 4.98 Å². The molecular formula is C20H32N6S. The Hall–Kier alpha value is -1.86. The van der Waals surface area contributed by atoms with Crippen molar-refractivity contribution in [3.8, 4) is 0 Å². The van der Waals surface area contributed by atoms with Crippen molar-refractivity contribution in [2.24, 2.45) is 10.9 Å². The van der Waals surface area contributed by atoms with Crippen molar-refractivity contribution < 1.29 is 0 Å². The van der Waals surface area contributed by atoms with Gasteiger partial charge in [0.15, 0.2) is 5.96 Å². The van der Waals surface area contributed by atoms with Crippen LogP contribution in [-0.2, 0) is 6.54 Å². The summed E-state index contributed by atoms with van der Waals surface area (Å²) in [7, 11) is 0. The molecule has 6 nitrogen and oxygen atoms in total. The van der Waals surface area contributed by atoms with Crippen molar-refractivity contribution in [3.63, 3.8) is 0 Å². The quantitative estimate of drug-likeness (QED) is 0.539. The van der Waals surface area contributed by atoms with Gasteiger partial charge in [-0.05, 0) is 50.2 Å². The molecule has 2 aromatic rings. The molecule has 1 saturated heterocycles. The number of hydrogen-bond donors (Lipinski definition) is 2. The van der Waals surface area contributed by atoms with Gasteiger partial charge in [-0.15, -0.1) is 11.3 Å². The number of thiophene rings is 1. The summed E-state index contributed by atoms with van der Waals surface area (Å²) in [6.07, 6.45) is 8.21. The third kappa shape index (κ3) is 6.07. The largest absolute Gasteiger partial charge is 0.357 e. The standard InChI is InChI=1S/C20H32N6S/c1-3-22-20(23-9-13-25-12-8-21-16-25)24-15-18(19-5-4-14-27-19)26-10-6-17(2)7-11-26/h4-5,8,12,14,16-18H,3,6-7,9-11,13,15H2,1-2H3,(H2,22,23,24). The van der Waals surface area contributed by atoms with Crippen molar-refractivity contribution in [3.05, 3.63) is 41.1 Å². The molecule has 0 radical (unpaired) electrons. The maximum atomic E-state index is 4.92. The first-order chi connectivity index (χ1) is 13.3. The fourth-order valence-corrected chi connectivity index (χ4v) is 4.30. The third-order valence-corrected chi connectivity index (χ3v) is 6.09. The van der Waals surface area contributed by atoms with E-state index in [4.69, 9.17) is 4.99 Å². The van der Waals surface area contributed by atoms with E-state index in [2.05, 4.69) is 56.4 Å². The Bertz CT molecular complexity index is 659. The Morgan fingerprint density at radius 2 is 2.22 bits per heavy atom. The normalized spacial score (nSPS) is 17.8. The van der Waals surface area contributed by atoms with Crippen molar-refractivity contribution in [1.82, 2.24) is 25.1 Å². The molecule has 0 aliphatic carbocycles. The van der Waals surface area contributed by atoms with Gasteiger partial charge < -0.3 is 15.2 Å². The van der Waals surface area contributed by atoms with Crippen molar-refractivity contribution in [1.29, 1.82) is 0 Å². The smallest absolute Gasteiger partial charge is 0.191 e. The number of guanidine groups is 1. The zero-order chi connectivity index (χ0) is 18.9. The van der Waals surface area contributed by atoms with Crippen LogP contribution in [0.25, 0.3) is 0 Å². The number of nitrogens with zero attached hydrogens (tertiary/aromatic N) is 4. The number of hydrogen-bond acceptors (Lipinski definition) is 4. The summed E-state index contributed by atoms with van der Waals surface area (Å²) in [6.45, 7) is 10.2. The van der Waals surface area contributed by atoms with Crippen LogP contribution < -0.4 is 10.6 Å². The predicted octanol–water partition coefficient (Wildman–Crippen LogP) is 2.97. The van der Waals surface area contributed by atoms with E-state index >= 15 is 0 Å². The fourth-order valence-electron chi connectivity index (χ4n) is 3.45. The number of likely N-dealkylation sites (tertiary alicyclic amines) is 1. The molecule has 148 valence electrons. The van der Waals surface area contributed by atoms with Crippen LogP contribution in [0.5, 0.6) is 0 Å². The molecule has 2 aromatic heterocycles. The molecule has 1 atom stereocenters. The van der Waals surface area contributed by atoms with E-state index in [1.54, 1.807) is 0 Å². The van der Waals surface area contributed by atoms with Crippen LogP contribution in [-0.4, -0.2) is 53.1 Å². The molecule has 1 fully saturated rings. The molecule has 27 heavy (non-hydrogen) atoms. The highest BCUT2D eigenvalue weighted by atomic mass is 32.1. The van der Waals surface area contributed by atoms with Crippen LogP contribution in [0.1, 0.15) is 37.6 Å². The molecule has 3 heterocycles. The molecule has 1 aliphatic rings. The first-order valence-corrected chi connectivity index (χ1v) is 10.9. The number of piperidine rings is 1. The van der Waals surface area contributed by atoms with E-state index in [0.29, 0.717) is 6.04 Å². The highest BCUT2D eigenvalue weighted by Crippen LogP contribution is 2.29. The summed E-state index contributed by atoms with van der Waals surface area (Å²) in [5.74, 6) is 1.74. The maximum Gasteiger partial charge on any atom is 0.191 e. The monoisotopic (exact) mass is 388 g/mol. The van der Waals surface area contributed by atoms with Crippen LogP contribution in [0, 0.1) is 5.92 Å². The highest BCUT2D eigenvalue weighted by Gasteiger charge is 2.25. The molecule has 1 aliphatic heterocycles. The van der Waals surface area contributed by atoms with Crippen LogP contribution >= 0.6 is 11.3 Å². The van der Waals surface area contributed by atoms with Gasteiger partial charge >= 0.3 is 0 Å². The number of aromatic nitrogens is 2. The molecule has 2 N–H and O–H groups in total. The third-order valence-electron chi connectivity index (χ3n) is 5.12. The minimum atomic E-state index is 0.376. The second-order valence-corrected chi connectivity index (χ2v) is 8.18. The van der Waals surface area contributed by atoms with Gasteiger partial charge in [0, 0.05) is 36.9 Å². The predicted molar refractivity (Wildman–Crippen MR) is 113 cm³/mol. The topological polar surface area (TPSA) is 57.5 Å². The maximum absolute atomic E-state index is 4.92. The van der Waals surface area contributed by atoms with Gasteiger partial charge in [0.25, 0.3) is 0 Å². The second kappa shape index (κ2) is 10.5. The number of aliphatic imine (C=N–C) groups is 1. The Morgan fingerprint density at radius 3 is 2.89 bits per heavy atom. The zero-order valence-electron chi connectivity index (χ0n) is 16.5. The average molecular weight is 389 g/mol. The molecular weight excluding hydrogens is 356 g/mol. The Kier molecular flexibility index (Phi) is 7.71. The van der Waals surface area contributed by atoms with Crippen LogP contribution in [0.3, 0.4) is 0 Å². The molecule has 0 aromatic carbocycles. The summed E-state index contributed by atoms with van der Waals surface area (Å²) in [6, 6.07) is 4.78. The molecule has 0 amide bonds. The fraction of sp³-hybridized carbons (Fsp3) is 0.600. The molecule has 1 unspecified atom stereocenters. The van der Waals surface area contributed by atoms with E-state index < -0.39 is 0 Å². The van der Waals surface area contributed by atoms with Gasteiger partial charge in [0.1, 0.15) is 0 Å². The molecule has 0 bridgehead atoms. The lowest BCUT2D eigenvalue weighted by Gasteiger charge is -2.35. The molecule has 0 saturated carbocycles. The van der Waals surface area contributed by atoms with Gasteiger partial charge in [-0.2, -0.15) is 0 Å². The zero-order valence-corrected chi connectivity index (χ0v) is 17.3. The number of rotatable bonds is 8. The van der Waals surface area contributed by atoms with E-state index in [1.807, 2.05) is 30.1 Å². The van der Waals surface area contributed by atoms with Crippen LogP contribution in [0.4, 0.5) is 0 Å². The highest BCUT2D eigenvalue weighted by molar-refractivity contribution is 7.10. The van der Waals surface area contributed by atoms with Gasteiger partial charge in [0.2, 0.25) is 0 Å². The van der Waals surface area contributed by atoms with Crippen LogP contribution in [0.15, 0.2) is 41.2 Å². The Balaban J connectivity index is 1.61. The first-order valence-electron chi connectivity index (χ1n) is 10.0. The summed E-state index contributed by atoms with van der Waals surface area (Å²) < 4.78 is 2.07. The van der Waals surface area contributed by atoms with Crippen molar-refractivity contribution >= 4 is 17.3 Å². The minimum absolute atomic E-state index is 0.376. The second-order valence-electron chi connectivity index (χ2n) is 7.20. The number of imidazole rings is 1. The van der Waals surface area contributed by atoms with E-state index in [9.17, 15) is 0 Å². The SMILES string of the molecule is CCNC(=NCC(c1cccs1)N1CCC(C)CC1)NCCn1ccnc1. The van der Waals surface area contributed by atoms with Gasteiger partial charge in [0.05, 0.1) is 18.9 Å². The summed E-state index contributed by atoms with van der Waals surface area (Å²) in [5, 5.41) is 8.99. The Labute approximate surface area is 166 Å². The van der Waals surface area contributed by atoms with Gasteiger partial charge in [-0.3, -0.25) is 9.89 Å². The van der Waals surface area contributed by atoms with E-state index in [1.165, 1.54) is 30.8 Å². The van der Waals surface area contributed by atoms with Crippen molar-refractivity contribution in [2.45, 2.75) is 39.3 Å². The van der Waals surface area contributed by atoms with Crippen LogP contribution in [0.2, 0.25) is 0 Å². The lowest BCUT2D eigenvalue weighted by Crippen LogP contribution is -2.41. The molecule has 7 heteroatoms. The lowest BCUT2D eigenvalue weighted by molar-refractivity contribution is 0.143. The molecule has 3 rings (SSSR count). The number of nitrogens with one attached hydrogen (secondary N) is 2. The molecule has 0 spiro atoms. The lowest BCUT2D eigenvalue weighted by atomic mass is 9.97. The Morgan fingerprint density at radius 1 is 1.37 bits per heavy atom. The minimum Gasteiger partial charge on any atom is -0.357 e. The summed E-state index contributed by atoms with van der Waals surface area (Å²) in [5.41, 5.74) is 0. The summed E-state index contributed by atoms with van der Waals surface area (Å²) in [4.78, 5) is 13.0. The van der Waals surface area contributed by atoms with Gasteiger partial charge in [-0.1, -0.05) is 13.0 Å². The first kappa shape index (κ1) is 19.9. The summed E-state index contributed by atoms with van der Waals surface area (Å²) >= 11 is 1.84. The van der Waals surface area contributed by atoms with E-state index in [0.717, 1.165) is 38.1 Å². The average Bonchev–Trinajstić information content (AvgIpc) is 3.37. The van der Waals surface area contributed by atoms with Crippen molar-refractivity contribution in [2.75, 3.05) is 32.7 Å².